The van der Waals surface area contributed by atoms with E-state index in [2.05, 4.69) is 6.92 Å². The number of ether oxygens (including phenoxy) is 3. The highest BCUT2D eigenvalue weighted by atomic mass is 16.7. The number of aryl methyl sites for hydroxylation is 1. The Morgan fingerprint density at radius 1 is 1.00 bits per heavy atom. The van der Waals surface area contributed by atoms with Crippen molar-refractivity contribution in [3.05, 3.63) is 35.4 Å². The Morgan fingerprint density at radius 2 is 1.65 bits per heavy atom. The molecule has 1 unspecified atom stereocenters. The van der Waals surface area contributed by atoms with Crippen molar-refractivity contribution in [2.45, 2.75) is 66.4 Å². The van der Waals surface area contributed by atoms with Crippen LogP contribution in [-0.2, 0) is 20.6 Å². The maximum Gasteiger partial charge on any atom is 0.508 e. The highest BCUT2D eigenvalue weighted by Crippen LogP contribution is 2.14. The smallest absolute Gasteiger partial charge is 0.455 e. The van der Waals surface area contributed by atoms with Crippen molar-refractivity contribution in [3.8, 4) is 0 Å². The molecule has 26 heavy (non-hydrogen) atoms. The summed E-state index contributed by atoms with van der Waals surface area (Å²) in [5.41, 5.74) is 1.57. The molecule has 0 saturated heterocycles. The molecule has 0 aliphatic heterocycles. The topological polar surface area (TPSA) is 61.8 Å². The van der Waals surface area contributed by atoms with E-state index in [-0.39, 0.29) is 18.6 Å². The normalized spacial score (nSPS) is 12.3. The first-order valence-electron chi connectivity index (χ1n) is 9.34. The van der Waals surface area contributed by atoms with E-state index in [1.807, 2.05) is 39.8 Å². The molecule has 0 aliphatic carbocycles. The Bertz CT molecular complexity index is 557. The van der Waals surface area contributed by atoms with Gasteiger partial charge in [-0.05, 0) is 36.0 Å². The Kier molecular flexibility index (Phi) is 9.17. The third-order valence-corrected chi connectivity index (χ3v) is 3.62. The number of hydrogen-bond donors (Lipinski definition) is 0. The minimum Gasteiger partial charge on any atom is -0.455 e. The summed E-state index contributed by atoms with van der Waals surface area (Å²) in [6, 6.07) is 7.42. The second-order valence-corrected chi connectivity index (χ2v) is 7.67. The van der Waals surface area contributed by atoms with Crippen LogP contribution in [0, 0.1) is 5.41 Å². The minimum atomic E-state index is -0.735. The Labute approximate surface area is 157 Å². The molecule has 0 aromatic heterocycles. The van der Waals surface area contributed by atoms with Crippen LogP contribution in [0.1, 0.15) is 69.8 Å². The average Bonchev–Trinajstić information content (AvgIpc) is 2.58. The van der Waals surface area contributed by atoms with Crippen LogP contribution in [0.3, 0.4) is 0 Å². The van der Waals surface area contributed by atoms with Crippen molar-refractivity contribution in [1.29, 1.82) is 0 Å². The van der Waals surface area contributed by atoms with Gasteiger partial charge in [0.2, 0.25) is 0 Å². The summed E-state index contributed by atoms with van der Waals surface area (Å²) in [7, 11) is 0. The van der Waals surface area contributed by atoms with Gasteiger partial charge < -0.3 is 14.2 Å². The molecule has 5 heteroatoms. The number of esters is 1. The van der Waals surface area contributed by atoms with Crippen molar-refractivity contribution in [2.75, 3.05) is 13.2 Å². The van der Waals surface area contributed by atoms with Crippen molar-refractivity contribution in [3.63, 3.8) is 0 Å². The summed E-state index contributed by atoms with van der Waals surface area (Å²) < 4.78 is 15.7. The van der Waals surface area contributed by atoms with E-state index in [1.54, 1.807) is 12.1 Å². The quantitative estimate of drug-likeness (QED) is 0.566. The maximum absolute atomic E-state index is 12.3. The third kappa shape index (κ3) is 8.88. The van der Waals surface area contributed by atoms with Gasteiger partial charge in [0.25, 0.3) is 0 Å². The predicted octanol–water partition coefficient (Wildman–Crippen LogP) is 5.16. The van der Waals surface area contributed by atoms with Gasteiger partial charge in [0.05, 0.1) is 12.2 Å². The van der Waals surface area contributed by atoms with E-state index >= 15 is 0 Å². The van der Waals surface area contributed by atoms with Crippen LogP contribution in [0.15, 0.2) is 24.3 Å². The molecule has 5 nitrogen and oxygen atoms in total. The van der Waals surface area contributed by atoms with Gasteiger partial charge in [-0.2, -0.15) is 0 Å². The van der Waals surface area contributed by atoms with Crippen LogP contribution >= 0.6 is 0 Å². The monoisotopic (exact) mass is 364 g/mol. The molecule has 0 N–H and O–H groups in total. The SMILES string of the molecule is CCCc1ccc(C(=O)OC(CCC)COC(=O)OCC(C)(C)C)cc1. The number of carbonyl (C=O) groups is 2. The molecule has 1 rings (SSSR count). The number of benzene rings is 1. The fraction of sp³-hybridized carbons (Fsp3) is 0.619. The van der Waals surface area contributed by atoms with Gasteiger partial charge in [-0.15, -0.1) is 0 Å². The molecule has 1 atom stereocenters. The highest BCUT2D eigenvalue weighted by molar-refractivity contribution is 5.89. The molecule has 0 saturated carbocycles. The molecule has 0 heterocycles. The molecular formula is C21H32O5. The predicted molar refractivity (Wildman–Crippen MR) is 101 cm³/mol. The van der Waals surface area contributed by atoms with Crippen molar-refractivity contribution >= 4 is 12.1 Å². The molecule has 1 aromatic carbocycles. The van der Waals surface area contributed by atoms with Gasteiger partial charge in [0.15, 0.2) is 0 Å². The zero-order chi connectivity index (χ0) is 19.6. The van der Waals surface area contributed by atoms with Crippen molar-refractivity contribution in [1.82, 2.24) is 0 Å². The fourth-order valence-corrected chi connectivity index (χ4v) is 2.29. The average molecular weight is 364 g/mol. The standard InChI is InChI=1S/C21H32O5/c1-6-8-16-10-12-17(13-11-16)19(22)26-18(9-7-2)14-24-20(23)25-15-21(3,4)5/h10-13,18H,6-9,14-15H2,1-5H3. The minimum absolute atomic E-state index is 0.00350. The lowest BCUT2D eigenvalue weighted by atomic mass is 9.99. The highest BCUT2D eigenvalue weighted by Gasteiger charge is 2.19. The Morgan fingerprint density at radius 3 is 2.19 bits per heavy atom. The largest absolute Gasteiger partial charge is 0.508 e. The first-order chi connectivity index (χ1) is 12.2. The van der Waals surface area contributed by atoms with Gasteiger partial charge >= 0.3 is 12.1 Å². The van der Waals surface area contributed by atoms with Crippen LogP contribution in [0.5, 0.6) is 0 Å². The second kappa shape index (κ2) is 10.8. The summed E-state index contributed by atoms with van der Waals surface area (Å²) in [6.07, 6.45) is 2.26. The van der Waals surface area contributed by atoms with E-state index < -0.39 is 18.2 Å². The van der Waals surface area contributed by atoms with Crippen LogP contribution in [0.2, 0.25) is 0 Å². The summed E-state index contributed by atoms with van der Waals surface area (Å²) in [5.74, 6) is -0.404. The van der Waals surface area contributed by atoms with Gasteiger partial charge in [-0.3, -0.25) is 0 Å². The van der Waals surface area contributed by atoms with Crippen molar-refractivity contribution in [2.24, 2.45) is 5.41 Å². The fourth-order valence-electron chi connectivity index (χ4n) is 2.29. The third-order valence-electron chi connectivity index (χ3n) is 3.62. The lowest BCUT2D eigenvalue weighted by Gasteiger charge is -2.20. The molecule has 0 bridgehead atoms. The Hall–Kier alpha value is -2.04. The molecule has 0 fully saturated rings. The van der Waals surface area contributed by atoms with E-state index in [0.29, 0.717) is 12.0 Å². The van der Waals surface area contributed by atoms with E-state index in [4.69, 9.17) is 14.2 Å². The summed E-state index contributed by atoms with van der Waals surface area (Å²) in [4.78, 5) is 24.0. The van der Waals surface area contributed by atoms with E-state index in [0.717, 1.165) is 19.3 Å². The van der Waals surface area contributed by atoms with Crippen LogP contribution in [0.4, 0.5) is 4.79 Å². The van der Waals surface area contributed by atoms with Gasteiger partial charge in [0, 0.05) is 0 Å². The van der Waals surface area contributed by atoms with Crippen LogP contribution in [-0.4, -0.2) is 31.4 Å². The zero-order valence-electron chi connectivity index (χ0n) is 16.7. The number of hydrogen-bond acceptors (Lipinski definition) is 5. The second-order valence-electron chi connectivity index (χ2n) is 7.67. The lowest BCUT2D eigenvalue weighted by molar-refractivity contribution is -0.0148. The lowest BCUT2D eigenvalue weighted by Crippen LogP contribution is -2.26. The van der Waals surface area contributed by atoms with Crippen LogP contribution < -0.4 is 0 Å². The molecule has 0 spiro atoms. The molecule has 0 aliphatic rings. The van der Waals surface area contributed by atoms with Crippen LogP contribution in [0.25, 0.3) is 0 Å². The first-order valence-corrected chi connectivity index (χ1v) is 9.34. The zero-order valence-corrected chi connectivity index (χ0v) is 16.7. The summed E-state index contributed by atoms with van der Waals surface area (Å²) >= 11 is 0. The van der Waals surface area contributed by atoms with Crippen molar-refractivity contribution < 1.29 is 23.8 Å². The van der Waals surface area contributed by atoms with Gasteiger partial charge in [0.1, 0.15) is 12.7 Å². The number of rotatable bonds is 9. The molecule has 0 amide bonds. The molecule has 0 radical (unpaired) electrons. The summed E-state index contributed by atoms with van der Waals surface area (Å²) in [5, 5.41) is 0. The van der Waals surface area contributed by atoms with E-state index in [9.17, 15) is 9.59 Å². The molecule has 146 valence electrons. The first kappa shape index (κ1) is 22.0. The number of carbonyl (C=O) groups excluding carboxylic acids is 2. The summed E-state index contributed by atoms with van der Waals surface area (Å²) in [6.45, 7) is 10.3. The van der Waals surface area contributed by atoms with Gasteiger partial charge in [-0.1, -0.05) is 59.6 Å². The maximum atomic E-state index is 12.3. The molecular weight excluding hydrogens is 332 g/mol. The Balaban J connectivity index is 2.53. The van der Waals surface area contributed by atoms with Gasteiger partial charge in [-0.25, -0.2) is 9.59 Å². The van der Waals surface area contributed by atoms with E-state index in [1.165, 1.54) is 5.56 Å². The molecule has 1 aromatic rings.